The molecule has 0 aromatic carbocycles. The highest BCUT2D eigenvalue weighted by Crippen LogP contribution is 2.19. The molecule has 0 atom stereocenters. The number of sulfonamides is 1. The minimum atomic E-state index is -3.05. The molecule has 14 heavy (non-hydrogen) atoms. The molecule has 0 aromatic rings. The summed E-state index contributed by atoms with van der Waals surface area (Å²) in [7, 11) is -3.05. The lowest BCUT2D eigenvalue weighted by Crippen LogP contribution is -2.50. The van der Waals surface area contributed by atoms with Crippen molar-refractivity contribution in [1.82, 2.24) is 9.62 Å². The van der Waals surface area contributed by atoms with Gasteiger partial charge in [-0.1, -0.05) is 0 Å². The molecule has 0 saturated carbocycles. The van der Waals surface area contributed by atoms with E-state index in [1.807, 2.05) is 20.8 Å². The summed E-state index contributed by atoms with van der Waals surface area (Å²) < 4.78 is 25.4. The molecule has 5 heteroatoms. The third-order valence-corrected chi connectivity index (χ3v) is 4.54. The van der Waals surface area contributed by atoms with Crippen LogP contribution in [-0.2, 0) is 10.0 Å². The van der Waals surface area contributed by atoms with E-state index in [9.17, 15) is 8.42 Å². The zero-order valence-electron chi connectivity index (χ0n) is 9.21. The van der Waals surface area contributed by atoms with Crippen LogP contribution in [-0.4, -0.2) is 43.6 Å². The van der Waals surface area contributed by atoms with E-state index in [1.165, 1.54) is 0 Å². The van der Waals surface area contributed by atoms with Crippen LogP contribution in [0.1, 0.15) is 27.2 Å². The molecule has 1 aliphatic rings. The lowest BCUT2D eigenvalue weighted by atomic mass is 10.1. The molecule has 1 rings (SSSR count). The lowest BCUT2D eigenvalue weighted by molar-refractivity contribution is 0.246. The Morgan fingerprint density at radius 3 is 2.43 bits per heavy atom. The maximum atomic E-state index is 11.9. The fraction of sp³-hybridized carbons (Fsp3) is 1.00. The Hall–Kier alpha value is -0.130. The molecule has 1 saturated heterocycles. The van der Waals surface area contributed by atoms with Gasteiger partial charge in [-0.05, 0) is 33.7 Å². The third kappa shape index (κ3) is 2.93. The first-order chi connectivity index (χ1) is 6.34. The quantitative estimate of drug-likeness (QED) is 0.643. The molecule has 0 unspecified atom stereocenters. The van der Waals surface area contributed by atoms with Gasteiger partial charge in [0.05, 0.1) is 5.75 Å². The maximum Gasteiger partial charge on any atom is 0.214 e. The molecule has 1 N–H and O–H groups in total. The van der Waals surface area contributed by atoms with Gasteiger partial charge in [-0.25, -0.2) is 8.42 Å². The lowest BCUT2D eigenvalue weighted by Gasteiger charge is -2.35. The van der Waals surface area contributed by atoms with Crippen LogP contribution in [0.25, 0.3) is 0 Å². The molecule has 84 valence electrons. The molecular formula is C9H20N2O2S. The van der Waals surface area contributed by atoms with E-state index < -0.39 is 10.0 Å². The van der Waals surface area contributed by atoms with Crippen molar-refractivity contribution >= 4 is 10.0 Å². The van der Waals surface area contributed by atoms with E-state index in [1.54, 1.807) is 4.31 Å². The second-order valence-corrected chi connectivity index (χ2v) is 6.68. The Kier molecular flexibility index (Phi) is 3.55. The average Bonchev–Trinajstić information content (AvgIpc) is 1.95. The van der Waals surface area contributed by atoms with E-state index in [0.29, 0.717) is 13.0 Å². The van der Waals surface area contributed by atoms with Crippen LogP contribution in [0, 0.1) is 0 Å². The van der Waals surface area contributed by atoms with Crippen LogP contribution in [0.3, 0.4) is 0 Å². The Bertz CT molecular complexity index is 280. The Labute approximate surface area is 86.7 Å². The summed E-state index contributed by atoms with van der Waals surface area (Å²) in [5, 5.41) is 3.22. The van der Waals surface area contributed by atoms with Crippen molar-refractivity contribution in [2.24, 2.45) is 0 Å². The first kappa shape index (κ1) is 11.9. The van der Waals surface area contributed by atoms with Gasteiger partial charge in [0.15, 0.2) is 0 Å². The Morgan fingerprint density at radius 1 is 1.21 bits per heavy atom. The van der Waals surface area contributed by atoms with Crippen molar-refractivity contribution in [1.29, 1.82) is 0 Å². The van der Waals surface area contributed by atoms with Gasteiger partial charge in [0.2, 0.25) is 10.0 Å². The van der Waals surface area contributed by atoms with Gasteiger partial charge >= 0.3 is 0 Å². The van der Waals surface area contributed by atoms with Crippen LogP contribution in [0.2, 0.25) is 0 Å². The predicted molar refractivity (Wildman–Crippen MR) is 57.7 cm³/mol. The molecule has 0 spiro atoms. The Morgan fingerprint density at radius 2 is 1.86 bits per heavy atom. The van der Waals surface area contributed by atoms with Crippen LogP contribution in [0.15, 0.2) is 0 Å². The summed E-state index contributed by atoms with van der Waals surface area (Å²) in [6.07, 6.45) is 0.703. The molecule has 0 aromatic heterocycles. The third-order valence-electron chi connectivity index (χ3n) is 2.33. The summed E-state index contributed by atoms with van der Waals surface area (Å²) >= 11 is 0. The largest absolute Gasteiger partial charge is 0.315 e. The van der Waals surface area contributed by atoms with Crippen LogP contribution in [0.4, 0.5) is 0 Å². The van der Waals surface area contributed by atoms with Gasteiger partial charge in [-0.3, -0.25) is 0 Å². The van der Waals surface area contributed by atoms with Gasteiger partial charge in [-0.2, -0.15) is 4.31 Å². The Balaban J connectivity index is 2.87. The van der Waals surface area contributed by atoms with Crippen molar-refractivity contribution in [2.75, 3.05) is 25.4 Å². The number of hydrogen-bond donors (Lipinski definition) is 1. The highest BCUT2D eigenvalue weighted by molar-refractivity contribution is 7.89. The molecule has 0 radical (unpaired) electrons. The highest BCUT2D eigenvalue weighted by Gasteiger charge is 2.32. The average molecular weight is 220 g/mol. The van der Waals surface area contributed by atoms with E-state index in [4.69, 9.17) is 0 Å². The molecule has 0 amide bonds. The van der Waals surface area contributed by atoms with Crippen molar-refractivity contribution in [3.8, 4) is 0 Å². The minimum Gasteiger partial charge on any atom is -0.315 e. The first-order valence-electron chi connectivity index (χ1n) is 5.05. The van der Waals surface area contributed by atoms with Crippen LogP contribution >= 0.6 is 0 Å². The zero-order chi connectivity index (χ0) is 10.8. The highest BCUT2D eigenvalue weighted by atomic mass is 32.2. The smallest absolute Gasteiger partial charge is 0.214 e. The topological polar surface area (TPSA) is 49.4 Å². The predicted octanol–water partition coefficient (Wildman–Crippen LogP) is 0.410. The van der Waals surface area contributed by atoms with Crippen molar-refractivity contribution < 1.29 is 8.42 Å². The summed E-state index contributed by atoms with van der Waals surface area (Å²) in [6.45, 7) is 7.93. The van der Waals surface area contributed by atoms with E-state index >= 15 is 0 Å². The van der Waals surface area contributed by atoms with Gasteiger partial charge in [-0.15, -0.1) is 0 Å². The van der Waals surface area contributed by atoms with E-state index in [2.05, 4.69) is 5.32 Å². The molecule has 1 aliphatic heterocycles. The summed E-state index contributed by atoms with van der Waals surface area (Å²) in [5.74, 6) is 0.261. The second-order valence-electron chi connectivity index (χ2n) is 4.66. The van der Waals surface area contributed by atoms with Crippen LogP contribution < -0.4 is 5.32 Å². The summed E-state index contributed by atoms with van der Waals surface area (Å²) in [4.78, 5) is 0. The van der Waals surface area contributed by atoms with Gasteiger partial charge in [0.1, 0.15) is 0 Å². The first-order valence-corrected chi connectivity index (χ1v) is 6.66. The fourth-order valence-corrected chi connectivity index (χ4v) is 3.62. The fourth-order valence-electron chi connectivity index (χ4n) is 1.69. The molecule has 4 nitrogen and oxygen atoms in total. The normalized spacial score (nSPS) is 25.4. The number of nitrogens with zero attached hydrogens (tertiary/aromatic N) is 1. The van der Waals surface area contributed by atoms with E-state index in [0.717, 1.165) is 13.1 Å². The van der Waals surface area contributed by atoms with Gasteiger partial charge < -0.3 is 5.32 Å². The summed E-state index contributed by atoms with van der Waals surface area (Å²) in [6, 6.07) is 0. The van der Waals surface area contributed by atoms with Crippen molar-refractivity contribution in [2.45, 2.75) is 32.7 Å². The zero-order valence-corrected chi connectivity index (χ0v) is 10.0. The van der Waals surface area contributed by atoms with Gasteiger partial charge in [0.25, 0.3) is 0 Å². The minimum absolute atomic E-state index is 0.261. The molecule has 1 heterocycles. The number of hydrogen-bond acceptors (Lipinski definition) is 3. The standard InChI is InChI=1S/C9H20N2O2S/c1-9(2,3)11-7-6-10-5-4-8-14(11,12)13/h10H,4-8H2,1-3H3. The number of rotatable bonds is 0. The monoisotopic (exact) mass is 220 g/mol. The molecule has 0 bridgehead atoms. The number of nitrogens with one attached hydrogen (secondary N) is 1. The SMILES string of the molecule is CC(C)(C)N1CCNCCCS1(=O)=O. The van der Waals surface area contributed by atoms with Crippen LogP contribution in [0.5, 0.6) is 0 Å². The molecular weight excluding hydrogens is 200 g/mol. The summed E-state index contributed by atoms with van der Waals surface area (Å²) in [5.41, 5.74) is -0.308. The maximum absolute atomic E-state index is 11.9. The second kappa shape index (κ2) is 4.16. The van der Waals surface area contributed by atoms with Gasteiger partial charge in [0, 0.05) is 18.6 Å². The van der Waals surface area contributed by atoms with Crippen molar-refractivity contribution in [3.05, 3.63) is 0 Å². The molecule has 1 fully saturated rings. The van der Waals surface area contributed by atoms with E-state index in [-0.39, 0.29) is 11.3 Å². The molecule has 0 aliphatic carbocycles. The van der Waals surface area contributed by atoms with Crippen molar-refractivity contribution in [3.63, 3.8) is 0 Å².